The van der Waals surface area contributed by atoms with Gasteiger partial charge < -0.3 is 5.32 Å². The summed E-state index contributed by atoms with van der Waals surface area (Å²) in [7, 11) is 0. The molecule has 1 aromatic rings. The molecule has 1 aliphatic heterocycles. The molecule has 1 aromatic carbocycles. The summed E-state index contributed by atoms with van der Waals surface area (Å²) in [5.41, 5.74) is -0.00216. The van der Waals surface area contributed by atoms with Crippen molar-refractivity contribution in [2.24, 2.45) is 0 Å². The molecule has 1 N–H and O–H groups in total. The highest BCUT2D eigenvalue weighted by atomic mass is 35.5. The zero-order valence-corrected chi connectivity index (χ0v) is 13.0. The van der Waals surface area contributed by atoms with Gasteiger partial charge in [0.05, 0.1) is 4.92 Å². The lowest BCUT2D eigenvalue weighted by Crippen LogP contribution is -2.39. The molecule has 0 spiro atoms. The number of carbonyl (C=O) groups excluding carboxylic acids is 1. The molecule has 0 bridgehead atoms. The normalized spacial score (nSPS) is 15.7. The molecule has 1 fully saturated rings. The molecule has 1 saturated heterocycles. The Morgan fingerprint density at radius 1 is 1.43 bits per heavy atom. The molecule has 21 heavy (non-hydrogen) atoms. The first kappa shape index (κ1) is 16.1. The molecule has 2 rings (SSSR count). The van der Waals surface area contributed by atoms with Crippen LogP contribution in [0.15, 0.2) is 18.2 Å². The largest absolute Gasteiger partial charge is 0.351 e. The molecule has 0 aliphatic carbocycles. The van der Waals surface area contributed by atoms with Crippen LogP contribution in [0, 0.1) is 10.1 Å². The molecule has 0 unspecified atom stereocenters. The van der Waals surface area contributed by atoms with Gasteiger partial charge in [-0.15, -0.1) is 0 Å². The molecule has 0 atom stereocenters. The zero-order valence-electron chi connectivity index (χ0n) is 11.4. The fourth-order valence-electron chi connectivity index (χ4n) is 2.05. The van der Waals surface area contributed by atoms with Crippen LogP contribution in [0.3, 0.4) is 0 Å². The maximum Gasteiger partial charge on any atom is 0.288 e. The summed E-state index contributed by atoms with van der Waals surface area (Å²) in [4.78, 5) is 24.5. The number of hydrogen-bond acceptors (Lipinski definition) is 5. The van der Waals surface area contributed by atoms with Crippen LogP contribution in [0.4, 0.5) is 5.69 Å². The van der Waals surface area contributed by atoms with Gasteiger partial charge in [-0.2, -0.15) is 11.8 Å². The summed E-state index contributed by atoms with van der Waals surface area (Å²) < 4.78 is 0. The Balaban J connectivity index is 1.88. The minimum atomic E-state index is -0.593. The zero-order chi connectivity index (χ0) is 15.2. The third-order valence-corrected chi connectivity index (χ3v) is 4.48. The van der Waals surface area contributed by atoms with E-state index >= 15 is 0 Å². The van der Waals surface area contributed by atoms with E-state index in [9.17, 15) is 14.9 Å². The number of halogens is 1. The molecular formula is C13H16ClN3O3S. The Kier molecular flexibility index (Phi) is 5.84. The minimum absolute atomic E-state index is 0.0300. The lowest BCUT2D eigenvalue weighted by molar-refractivity contribution is -0.384. The molecule has 6 nitrogen and oxygen atoms in total. The lowest BCUT2D eigenvalue weighted by Gasteiger charge is -2.25. The number of benzene rings is 1. The summed E-state index contributed by atoms with van der Waals surface area (Å²) in [6.45, 7) is 3.39. The number of nitrogens with one attached hydrogen (secondary N) is 1. The van der Waals surface area contributed by atoms with E-state index in [1.165, 1.54) is 18.2 Å². The number of carbonyl (C=O) groups is 1. The molecule has 0 saturated carbocycles. The van der Waals surface area contributed by atoms with Gasteiger partial charge >= 0.3 is 0 Å². The predicted octanol–water partition coefficient (Wildman–Crippen LogP) is 2.03. The smallest absolute Gasteiger partial charge is 0.288 e. The molecule has 0 aromatic heterocycles. The fraction of sp³-hybridized carbons (Fsp3) is 0.462. The second-order valence-corrected chi connectivity index (χ2v) is 6.27. The summed E-state index contributed by atoms with van der Waals surface area (Å²) in [5.74, 6) is 1.93. The Morgan fingerprint density at radius 3 is 2.81 bits per heavy atom. The number of amides is 1. The Morgan fingerprint density at radius 2 is 2.14 bits per heavy atom. The highest BCUT2D eigenvalue weighted by molar-refractivity contribution is 7.99. The first-order valence-corrected chi connectivity index (χ1v) is 8.13. The number of rotatable bonds is 5. The van der Waals surface area contributed by atoms with Gasteiger partial charge in [0, 0.05) is 49.3 Å². The van der Waals surface area contributed by atoms with Gasteiger partial charge in [-0.1, -0.05) is 11.6 Å². The molecule has 114 valence electrons. The van der Waals surface area contributed by atoms with E-state index in [0.717, 1.165) is 31.1 Å². The summed E-state index contributed by atoms with van der Waals surface area (Å²) in [6, 6.07) is 4.06. The number of nitrogens with zero attached hydrogens (tertiary/aromatic N) is 2. The van der Waals surface area contributed by atoms with Gasteiger partial charge in [0.2, 0.25) is 0 Å². The van der Waals surface area contributed by atoms with E-state index in [0.29, 0.717) is 6.54 Å². The second kappa shape index (κ2) is 7.63. The van der Waals surface area contributed by atoms with Crippen LogP contribution in [-0.4, -0.2) is 53.4 Å². The first-order chi connectivity index (χ1) is 10.1. The van der Waals surface area contributed by atoms with Crippen LogP contribution in [0.5, 0.6) is 0 Å². The SMILES string of the molecule is O=C(NCCN1CCSCC1)c1ccc(Cl)c([N+](=O)[O-])c1. The minimum Gasteiger partial charge on any atom is -0.351 e. The Hall–Kier alpha value is -1.31. The van der Waals surface area contributed by atoms with Crippen LogP contribution in [0.2, 0.25) is 5.02 Å². The highest BCUT2D eigenvalue weighted by Crippen LogP contribution is 2.24. The van der Waals surface area contributed by atoms with E-state index in [-0.39, 0.29) is 22.2 Å². The summed E-state index contributed by atoms with van der Waals surface area (Å²) in [6.07, 6.45) is 0. The molecule has 1 aliphatic rings. The van der Waals surface area contributed by atoms with Gasteiger partial charge in [-0.25, -0.2) is 0 Å². The van der Waals surface area contributed by atoms with Crippen molar-refractivity contribution in [2.75, 3.05) is 37.7 Å². The van der Waals surface area contributed by atoms with Gasteiger partial charge in [-0.3, -0.25) is 19.8 Å². The third-order valence-electron chi connectivity index (χ3n) is 3.22. The number of thioether (sulfide) groups is 1. The Bertz CT molecular complexity index is 535. The first-order valence-electron chi connectivity index (χ1n) is 6.60. The van der Waals surface area contributed by atoms with Crippen molar-refractivity contribution in [1.29, 1.82) is 0 Å². The average Bonchev–Trinajstić information content (AvgIpc) is 2.48. The van der Waals surface area contributed by atoms with Crippen LogP contribution < -0.4 is 5.32 Å². The number of nitro benzene ring substituents is 1. The predicted molar refractivity (Wildman–Crippen MR) is 84.2 cm³/mol. The lowest BCUT2D eigenvalue weighted by atomic mass is 10.2. The van der Waals surface area contributed by atoms with Crippen molar-refractivity contribution >= 4 is 35.0 Å². The monoisotopic (exact) mass is 329 g/mol. The highest BCUT2D eigenvalue weighted by Gasteiger charge is 2.16. The number of nitro groups is 1. The quantitative estimate of drug-likeness (QED) is 0.660. The standard InChI is InChI=1S/C13H16ClN3O3S/c14-11-2-1-10(9-12(11)17(19)20)13(18)15-3-4-16-5-7-21-8-6-16/h1-2,9H,3-8H2,(H,15,18). The molecule has 1 amide bonds. The maximum absolute atomic E-state index is 12.0. The molecular weight excluding hydrogens is 314 g/mol. The van der Waals surface area contributed by atoms with E-state index in [4.69, 9.17) is 11.6 Å². The van der Waals surface area contributed by atoms with E-state index in [1.54, 1.807) is 0 Å². The number of hydrogen-bond donors (Lipinski definition) is 1. The average molecular weight is 330 g/mol. The van der Waals surface area contributed by atoms with Crippen molar-refractivity contribution in [3.05, 3.63) is 38.9 Å². The van der Waals surface area contributed by atoms with Gasteiger partial charge in [-0.05, 0) is 12.1 Å². The maximum atomic E-state index is 12.0. The topological polar surface area (TPSA) is 75.5 Å². The third kappa shape index (κ3) is 4.59. The van der Waals surface area contributed by atoms with Crippen LogP contribution in [0.1, 0.15) is 10.4 Å². The van der Waals surface area contributed by atoms with Gasteiger partial charge in [0.25, 0.3) is 11.6 Å². The molecule has 8 heteroatoms. The van der Waals surface area contributed by atoms with Gasteiger partial charge in [0.1, 0.15) is 5.02 Å². The molecule has 1 heterocycles. The van der Waals surface area contributed by atoms with Crippen molar-refractivity contribution < 1.29 is 9.72 Å². The van der Waals surface area contributed by atoms with E-state index in [1.807, 2.05) is 11.8 Å². The van der Waals surface area contributed by atoms with Crippen LogP contribution in [0.25, 0.3) is 0 Å². The van der Waals surface area contributed by atoms with Crippen molar-refractivity contribution in [2.45, 2.75) is 0 Å². The summed E-state index contributed by atoms with van der Waals surface area (Å²) in [5, 5.41) is 13.6. The summed E-state index contributed by atoms with van der Waals surface area (Å²) >= 11 is 7.66. The second-order valence-electron chi connectivity index (χ2n) is 4.63. The van der Waals surface area contributed by atoms with Crippen LogP contribution >= 0.6 is 23.4 Å². The van der Waals surface area contributed by atoms with Crippen LogP contribution in [-0.2, 0) is 0 Å². The van der Waals surface area contributed by atoms with Crippen molar-refractivity contribution in [1.82, 2.24) is 10.2 Å². The van der Waals surface area contributed by atoms with E-state index < -0.39 is 4.92 Å². The van der Waals surface area contributed by atoms with Gasteiger partial charge in [0.15, 0.2) is 0 Å². The fourth-order valence-corrected chi connectivity index (χ4v) is 3.21. The Labute approximate surface area is 132 Å². The van der Waals surface area contributed by atoms with Crippen molar-refractivity contribution in [3.8, 4) is 0 Å². The van der Waals surface area contributed by atoms with Crippen molar-refractivity contribution in [3.63, 3.8) is 0 Å². The van der Waals surface area contributed by atoms with E-state index in [2.05, 4.69) is 10.2 Å². The molecule has 0 radical (unpaired) electrons.